The van der Waals surface area contributed by atoms with Gasteiger partial charge in [-0.25, -0.2) is 8.42 Å². The van der Waals surface area contributed by atoms with Gasteiger partial charge in [-0.2, -0.15) is 4.31 Å². The molecule has 1 amide bonds. The van der Waals surface area contributed by atoms with Gasteiger partial charge in [-0.05, 0) is 28.1 Å². The van der Waals surface area contributed by atoms with Crippen molar-refractivity contribution in [1.29, 1.82) is 0 Å². The number of nitrogens with zero attached hydrogens (tertiary/aromatic N) is 2. The maximum Gasteiger partial charge on any atom is 0.303 e. The SMILES string of the molecule is CC(=O)OCC(=O)N1CCN(S(=O)(=O)c2ccccc2Br)CC1. The van der Waals surface area contributed by atoms with E-state index in [0.29, 0.717) is 4.47 Å². The van der Waals surface area contributed by atoms with Crippen LogP contribution in [0.2, 0.25) is 0 Å². The molecule has 0 radical (unpaired) electrons. The van der Waals surface area contributed by atoms with E-state index in [1.54, 1.807) is 18.2 Å². The number of halogens is 1. The van der Waals surface area contributed by atoms with Gasteiger partial charge in [-0.1, -0.05) is 12.1 Å². The Hall–Kier alpha value is -1.45. The second-order valence-corrected chi connectivity index (χ2v) is 7.76. The van der Waals surface area contributed by atoms with Gasteiger partial charge in [-0.15, -0.1) is 0 Å². The van der Waals surface area contributed by atoms with Crippen LogP contribution in [0.4, 0.5) is 0 Å². The first-order chi connectivity index (χ1) is 10.8. The highest BCUT2D eigenvalue weighted by Crippen LogP contribution is 2.25. The van der Waals surface area contributed by atoms with Crippen molar-refractivity contribution >= 4 is 37.8 Å². The van der Waals surface area contributed by atoms with E-state index >= 15 is 0 Å². The van der Waals surface area contributed by atoms with E-state index in [1.807, 2.05) is 0 Å². The molecule has 1 aliphatic heterocycles. The second-order valence-electron chi connectivity index (χ2n) is 5.00. The monoisotopic (exact) mass is 404 g/mol. The number of esters is 1. The van der Waals surface area contributed by atoms with Crippen LogP contribution in [0.5, 0.6) is 0 Å². The fourth-order valence-electron chi connectivity index (χ4n) is 2.23. The Morgan fingerprint density at radius 1 is 1.17 bits per heavy atom. The third-order valence-electron chi connectivity index (χ3n) is 3.44. The van der Waals surface area contributed by atoms with Crippen molar-refractivity contribution in [2.45, 2.75) is 11.8 Å². The summed E-state index contributed by atoms with van der Waals surface area (Å²) in [5.41, 5.74) is 0. The molecule has 9 heteroatoms. The van der Waals surface area contributed by atoms with Gasteiger partial charge in [0.2, 0.25) is 10.0 Å². The minimum atomic E-state index is -3.60. The molecule has 7 nitrogen and oxygen atoms in total. The maximum absolute atomic E-state index is 12.6. The van der Waals surface area contributed by atoms with Gasteiger partial charge in [0.15, 0.2) is 6.61 Å². The second kappa shape index (κ2) is 7.41. The van der Waals surface area contributed by atoms with E-state index in [4.69, 9.17) is 0 Å². The molecule has 1 fully saturated rings. The zero-order valence-corrected chi connectivity index (χ0v) is 15.0. The average Bonchev–Trinajstić information content (AvgIpc) is 2.53. The molecule has 1 aliphatic rings. The maximum atomic E-state index is 12.6. The Morgan fingerprint density at radius 3 is 2.35 bits per heavy atom. The summed E-state index contributed by atoms with van der Waals surface area (Å²) >= 11 is 3.25. The Morgan fingerprint density at radius 2 is 1.78 bits per heavy atom. The van der Waals surface area contributed by atoms with E-state index < -0.39 is 16.0 Å². The molecule has 0 atom stereocenters. The molecular weight excluding hydrogens is 388 g/mol. The van der Waals surface area contributed by atoms with Gasteiger partial charge in [-0.3, -0.25) is 9.59 Å². The van der Waals surface area contributed by atoms with E-state index in [-0.39, 0.29) is 43.6 Å². The summed E-state index contributed by atoms with van der Waals surface area (Å²) in [6.07, 6.45) is 0. The van der Waals surface area contributed by atoms with Gasteiger partial charge < -0.3 is 9.64 Å². The van der Waals surface area contributed by atoms with Crippen molar-refractivity contribution in [1.82, 2.24) is 9.21 Å². The molecule has 0 spiro atoms. The van der Waals surface area contributed by atoms with Gasteiger partial charge in [0.05, 0.1) is 4.90 Å². The van der Waals surface area contributed by atoms with E-state index in [2.05, 4.69) is 20.7 Å². The summed E-state index contributed by atoms with van der Waals surface area (Å²) in [6.45, 7) is 1.86. The molecule has 0 saturated carbocycles. The largest absolute Gasteiger partial charge is 0.456 e. The number of sulfonamides is 1. The van der Waals surface area contributed by atoms with Crippen molar-refractivity contribution in [2.75, 3.05) is 32.8 Å². The predicted octanol–water partition coefficient (Wildman–Crippen LogP) is 0.845. The quantitative estimate of drug-likeness (QED) is 0.694. The topological polar surface area (TPSA) is 84.0 Å². The lowest BCUT2D eigenvalue weighted by Gasteiger charge is -2.34. The lowest BCUT2D eigenvalue weighted by Crippen LogP contribution is -2.51. The van der Waals surface area contributed by atoms with E-state index in [0.717, 1.165) is 0 Å². The zero-order valence-electron chi connectivity index (χ0n) is 12.6. The number of amides is 1. The summed E-state index contributed by atoms with van der Waals surface area (Å²) in [6, 6.07) is 6.62. The average molecular weight is 405 g/mol. The highest BCUT2D eigenvalue weighted by molar-refractivity contribution is 9.10. The summed E-state index contributed by atoms with van der Waals surface area (Å²) in [4.78, 5) is 24.3. The van der Waals surface area contributed by atoms with Gasteiger partial charge in [0, 0.05) is 37.6 Å². The van der Waals surface area contributed by atoms with Crippen LogP contribution >= 0.6 is 15.9 Å². The summed E-state index contributed by atoms with van der Waals surface area (Å²) in [7, 11) is -3.60. The van der Waals surface area contributed by atoms with Crippen molar-refractivity contribution in [2.24, 2.45) is 0 Å². The molecule has 0 bridgehead atoms. The number of hydrogen-bond donors (Lipinski definition) is 0. The Bertz CT molecular complexity index is 699. The van der Waals surface area contributed by atoms with Crippen LogP contribution < -0.4 is 0 Å². The van der Waals surface area contributed by atoms with Crippen molar-refractivity contribution in [3.63, 3.8) is 0 Å². The first kappa shape index (κ1) is 17.9. The van der Waals surface area contributed by atoms with Gasteiger partial charge in [0.1, 0.15) is 0 Å². The number of rotatable bonds is 4. The van der Waals surface area contributed by atoms with Crippen LogP contribution in [0.15, 0.2) is 33.6 Å². The molecule has 23 heavy (non-hydrogen) atoms. The minimum Gasteiger partial charge on any atom is -0.456 e. The van der Waals surface area contributed by atoms with Crippen LogP contribution in [-0.4, -0.2) is 62.3 Å². The smallest absolute Gasteiger partial charge is 0.303 e. The number of piperazine rings is 1. The van der Waals surface area contributed by atoms with Crippen LogP contribution in [0.3, 0.4) is 0 Å². The van der Waals surface area contributed by atoms with Crippen molar-refractivity contribution in [3.8, 4) is 0 Å². The van der Waals surface area contributed by atoms with Crippen LogP contribution in [0.1, 0.15) is 6.92 Å². The molecule has 1 aromatic carbocycles. The Kier molecular flexibility index (Phi) is 5.77. The molecule has 0 aromatic heterocycles. The third kappa shape index (κ3) is 4.30. The van der Waals surface area contributed by atoms with Gasteiger partial charge in [0.25, 0.3) is 5.91 Å². The number of carbonyl (C=O) groups excluding carboxylic acids is 2. The molecule has 1 saturated heterocycles. The lowest BCUT2D eigenvalue weighted by molar-refractivity contribution is -0.150. The highest BCUT2D eigenvalue weighted by atomic mass is 79.9. The fraction of sp³-hybridized carbons (Fsp3) is 0.429. The van der Waals surface area contributed by atoms with Crippen molar-refractivity contribution < 1.29 is 22.7 Å². The molecule has 1 heterocycles. The lowest BCUT2D eigenvalue weighted by atomic mass is 10.3. The summed E-state index contributed by atoms with van der Waals surface area (Å²) in [5, 5.41) is 0. The fourth-order valence-corrected chi connectivity index (χ4v) is 4.61. The predicted molar refractivity (Wildman–Crippen MR) is 86.1 cm³/mol. The Labute approximate surface area is 143 Å². The van der Waals surface area contributed by atoms with Gasteiger partial charge >= 0.3 is 5.97 Å². The molecule has 0 unspecified atom stereocenters. The molecule has 2 rings (SSSR count). The zero-order chi connectivity index (χ0) is 17.0. The first-order valence-corrected chi connectivity index (χ1v) is 9.21. The number of ether oxygens (including phenoxy) is 1. The number of carbonyl (C=O) groups is 2. The number of benzene rings is 1. The normalized spacial score (nSPS) is 16.2. The number of hydrogen-bond acceptors (Lipinski definition) is 5. The summed E-state index contributed by atoms with van der Waals surface area (Å²) < 4.78 is 31.8. The molecule has 0 N–H and O–H groups in total. The minimum absolute atomic E-state index is 0.204. The molecule has 0 aliphatic carbocycles. The first-order valence-electron chi connectivity index (χ1n) is 6.98. The Balaban J connectivity index is 2.00. The van der Waals surface area contributed by atoms with Crippen LogP contribution in [0.25, 0.3) is 0 Å². The molecular formula is C14H17BrN2O5S. The van der Waals surface area contributed by atoms with E-state index in [1.165, 1.54) is 22.2 Å². The van der Waals surface area contributed by atoms with Crippen LogP contribution in [-0.2, 0) is 24.3 Å². The van der Waals surface area contributed by atoms with Crippen LogP contribution in [0, 0.1) is 0 Å². The third-order valence-corrected chi connectivity index (χ3v) is 6.36. The van der Waals surface area contributed by atoms with E-state index in [9.17, 15) is 18.0 Å². The highest BCUT2D eigenvalue weighted by Gasteiger charge is 2.31. The molecule has 1 aromatic rings. The molecule has 126 valence electrons. The summed E-state index contributed by atoms with van der Waals surface area (Å²) in [5.74, 6) is -0.841. The standard InChI is InChI=1S/C14H17BrN2O5S/c1-11(18)22-10-14(19)16-6-8-17(9-7-16)23(20,21)13-5-3-2-4-12(13)15/h2-5H,6-10H2,1H3. The van der Waals surface area contributed by atoms with Crippen molar-refractivity contribution in [3.05, 3.63) is 28.7 Å².